The van der Waals surface area contributed by atoms with E-state index in [-0.39, 0.29) is 0 Å². The molecule has 2 aromatic heterocycles. The molecule has 0 saturated heterocycles. The molecular formula is C15H23N5S. The molecule has 5 nitrogen and oxygen atoms in total. The standard InChI is InChI=1S/C15H23N5S/c1-3-4-5-6-7-17-14(16)20-15-19-13(10-21-15)12-8-11(2)18-9-12/h8-10,18H,3-7H2,1-2H3,(H3,16,17,19,20). The number of nitrogens with zero attached hydrogens (tertiary/aromatic N) is 2. The van der Waals surface area contributed by atoms with Gasteiger partial charge in [0.2, 0.25) is 0 Å². The second-order valence-electron chi connectivity index (χ2n) is 5.06. The first-order valence-electron chi connectivity index (χ1n) is 7.37. The minimum absolute atomic E-state index is 0.442. The van der Waals surface area contributed by atoms with Gasteiger partial charge in [0.25, 0.3) is 0 Å². The van der Waals surface area contributed by atoms with E-state index in [4.69, 9.17) is 5.73 Å². The maximum atomic E-state index is 5.87. The van der Waals surface area contributed by atoms with Gasteiger partial charge in [-0.3, -0.25) is 4.99 Å². The number of anilines is 1. The summed E-state index contributed by atoms with van der Waals surface area (Å²) in [6.45, 7) is 5.00. The van der Waals surface area contributed by atoms with Gasteiger partial charge in [0.15, 0.2) is 11.1 Å². The van der Waals surface area contributed by atoms with E-state index < -0.39 is 0 Å². The summed E-state index contributed by atoms with van der Waals surface area (Å²) in [6, 6.07) is 2.07. The highest BCUT2D eigenvalue weighted by Crippen LogP contribution is 2.25. The van der Waals surface area contributed by atoms with Gasteiger partial charge in [-0.1, -0.05) is 26.2 Å². The summed E-state index contributed by atoms with van der Waals surface area (Å²) in [4.78, 5) is 12.0. The van der Waals surface area contributed by atoms with Crippen molar-refractivity contribution in [2.24, 2.45) is 10.7 Å². The summed E-state index contributed by atoms with van der Waals surface area (Å²) < 4.78 is 0. The molecule has 0 fully saturated rings. The first-order valence-corrected chi connectivity index (χ1v) is 8.25. The lowest BCUT2D eigenvalue weighted by molar-refractivity contribution is 0.675. The minimum atomic E-state index is 0.442. The van der Waals surface area contributed by atoms with Gasteiger partial charge < -0.3 is 16.0 Å². The SMILES string of the molecule is CCCCCCN=C(N)Nc1nc(-c2c[nH]c(C)c2)cs1. The van der Waals surface area contributed by atoms with Gasteiger partial charge in [0.05, 0.1) is 5.69 Å². The van der Waals surface area contributed by atoms with Crippen LogP contribution in [0.1, 0.15) is 38.3 Å². The van der Waals surface area contributed by atoms with Gasteiger partial charge in [-0.15, -0.1) is 11.3 Å². The largest absolute Gasteiger partial charge is 0.370 e. The number of H-pyrrole nitrogens is 1. The topological polar surface area (TPSA) is 79.1 Å². The van der Waals surface area contributed by atoms with Gasteiger partial charge in [0.1, 0.15) is 0 Å². The molecule has 114 valence electrons. The van der Waals surface area contributed by atoms with Crippen molar-refractivity contribution >= 4 is 22.4 Å². The Labute approximate surface area is 129 Å². The molecule has 0 spiro atoms. The Morgan fingerprint density at radius 3 is 3.00 bits per heavy atom. The molecule has 0 bridgehead atoms. The van der Waals surface area contributed by atoms with Crippen molar-refractivity contribution in [1.82, 2.24) is 9.97 Å². The van der Waals surface area contributed by atoms with Crippen molar-refractivity contribution in [2.45, 2.75) is 39.5 Å². The molecule has 0 aliphatic heterocycles. The second-order valence-corrected chi connectivity index (χ2v) is 5.92. The minimum Gasteiger partial charge on any atom is -0.370 e. The van der Waals surface area contributed by atoms with Crippen LogP contribution in [-0.2, 0) is 0 Å². The van der Waals surface area contributed by atoms with E-state index in [0.29, 0.717) is 5.96 Å². The Bertz CT molecular complexity index is 584. The van der Waals surface area contributed by atoms with Gasteiger partial charge >= 0.3 is 0 Å². The molecule has 2 rings (SSSR count). The van der Waals surface area contributed by atoms with Crippen molar-refractivity contribution in [2.75, 3.05) is 11.9 Å². The number of hydrogen-bond acceptors (Lipinski definition) is 3. The molecule has 2 heterocycles. The zero-order chi connectivity index (χ0) is 15.1. The van der Waals surface area contributed by atoms with E-state index in [1.54, 1.807) is 0 Å². The number of guanidine groups is 1. The summed E-state index contributed by atoms with van der Waals surface area (Å²) in [5.41, 5.74) is 9.03. The summed E-state index contributed by atoms with van der Waals surface area (Å²) in [7, 11) is 0. The molecule has 6 heteroatoms. The lowest BCUT2D eigenvalue weighted by Gasteiger charge is -2.01. The fraction of sp³-hybridized carbons (Fsp3) is 0.467. The predicted octanol–water partition coefficient (Wildman–Crippen LogP) is 3.75. The number of aromatic amines is 1. The average molecular weight is 305 g/mol. The summed E-state index contributed by atoms with van der Waals surface area (Å²) in [6.07, 6.45) is 6.75. The third kappa shape index (κ3) is 4.90. The first kappa shape index (κ1) is 15.6. The Morgan fingerprint density at radius 1 is 1.43 bits per heavy atom. The predicted molar refractivity (Wildman–Crippen MR) is 90.9 cm³/mol. The number of rotatable bonds is 7. The number of aromatic nitrogens is 2. The fourth-order valence-electron chi connectivity index (χ4n) is 2.01. The van der Waals surface area contributed by atoms with Crippen LogP contribution in [0, 0.1) is 6.92 Å². The van der Waals surface area contributed by atoms with Crippen LogP contribution >= 0.6 is 11.3 Å². The van der Waals surface area contributed by atoms with Crippen LogP contribution in [-0.4, -0.2) is 22.5 Å². The van der Waals surface area contributed by atoms with Crippen LogP contribution < -0.4 is 11.1 Å². The molecular weight excluding hydrogens is 282 g/mol. The zero-order valence-corrected chi connectivity index (χ0v) is 13.5. The monoisotopic (exact) mass is 305 g/mol. The van der Waals surface area contributed by atoms with Crippen molar-refractivity contribution in [3.05, 3.63) is 23.3 Å². The van der Waals surface area contributed by atoms with Crippen molar-refractivity contribution in [3.8, 4) is 11.3 Å². The number of aryl methyl sites for hydroxylation is 1. The number of nitrogens with two attached hydrogens (primary N) is 1. The Morgan fingerprint density at radius 2 is 2.29 bits per heavy atom. The average Bonchev–Trinajstić information content (AvgIpc) is 3.07. The number of unbranched alkanes of at least 4 members (excludes halogenated alkanes) is 3. The first-order chi connectivity index (χ1) is 10.2. The molecule has 0 aromatic carbocycles. The Balaban J connectivity index is 1.85. The molecule has 0 saturated carbocycles. The lowest BCUT2D eigenvalue weighted by Crippen LogP contribution is -2.22. The van der Waals surface area contributed by atoms with Crippen LogP contribution in [0.15, 0.2) is 22.6 Å². The molecule has 0 radical (unpaired) electrons. The van der Waals surface area contributed by atoms with Gasteiger partial charge in [-0.25, -0.2) is 4.98 Å². The highest BCUT2D eigenvalue weighted by Gasteiger charge is 2.06. The second kappa shape index (κ2) is 7.83. The van der Waals surface area contributed by atoms with Crippen LogP contribution in [0.4, 0.5) is 5.13 Å². The third-order valence-electron chi connectivity index (χ3n) is 3.16. The Hall–Kier alpha value is -1.82. The van der Waals surface area contributed by atoms with Crippen molar-refractivity contribution in [3.63, 3.8) is 0 Å². The lowest BCUT2D eigenvalue weighted by atomic mass is 10.2. The van der Waals surface area contributed by atoms with Crippen LogP contribution in [0.25, 0.3) is 11.3 Å². The summed E-state index contributed by atoms with van der Waals surface area (Å²) >= 11 is 1.53. The highest BCUT2D eigenvalue weighted by atomic mass is 32.1. The molecule has 0 aliphatic rings. The normalized spacial score (nSPS) is 11.8. The number of thiazole rings is 1. The van der Waals surface area contributed by atoms with E-state index in [9.17, 15) is 0 Å². The van der Waals surface area contributed by atoms with E-state index in [1.807, 2.05) is 18.5 Å². The smallest absolute Gasteiger partial charge is 0.194 e. The molecule has 2 aromatic rings. The summed E-state index contributed by atoms with van der Waals surface area (Å²) in [5.74, 6) is 0.442. The Kier molecular flexibility index (Phi) is 5.80. The fourth-order valence-corrected chi connectivity index (χ4v) is 2.73. The van der Waals surface area contributed by atoms with E-state index >= 15 is 0 Å². The van der Waals surface area contributed by atoms with E-state index in [0.717, 1.165) is 35.0 Å². The molecule has 0 amide bonds. The number of nitrogens with one attached hydrogen (secondary N) is 2. The van der Waals surface area contributed by atoms with E-state index in [2.05, 4.69) is 33.3 Å². The van der Waals surface area contributed by atoms with Gasteiger partial charge in [-0.2, -0.15) is 0 Å². The quantitative estimate of drug-likeness (QED) is 0.414. The third-order valence-corrected chi connectivity index (χ3v) is 3.91. The highest BCUT2D eigenvalue weighted by molar-refractivity contribution is 7.14. The van der Waals surface area contributed by atoms with Gasteiger partial charge in [0, 0.05) is 29.4 Å². The molecule has 4 N–H and O–H groups in total. The van der Waals surface area contributed by atoms with Crippen LogP contribution in [0.3, 0.4) is 0 Å². The maximum absolute atomic E-state index is 5.87. The van der Waals surface area contributed by atoms with Crippen molar-refractivity contribution in [1.29, 1.82) is 0 Å². The van der Waals surface area contributed by atoms with Crippen molar-refractivity contribution < 1.29 is 0 Å². The van der Waals surface area contributed by atoms with Crippen LogP contribution in [0.2, 0.25) is 0 Å². The number of aliphatic imine (C=N–C) groups is 1. The van der Waals surface area contributed by atoms with E-state index in [1.165, 1.54) is 30.6 Å². The molecule has 0 atom stereocenters. The zero-order valence-electron chi connectivity index (χ0n) is 12.6. The summed E-state index contributed by atoms with van der Waals surface area (Å²) in [5, 5.41) is 5.84. The number of hydrogen-bond donors (Lipinski definition) is 3. The maximum Gasteiger partial charge on any atom is 0.194 e. The van der Waals surface area contributed by atoms with Gasteiger partial charge in [-0.05, 0) is 19.4 Å². The molecule has 0 unspecified atom stereocenters. The molecule has 0 aliphatic carbocycles. The van der Waals surface area contributed by atoms with Crippen LogP contribution in [0.5, 0.6) is 0 Å². The molecule has 21 heavy (non-hydrogen) atoms.